The van der Waals surface area contributed by atoms with Gasteiger partial charge in [-0.2, -0.15) is 5.10 Å². The lowest BCUT2D eigenvalue weighted by Crippen LogP contribution is -2.18. The number of amides is 2. The molecule has 0 radical (unpaired) electrons. The third-order valence-electron chi connectivity index (χ3n) is 4.70. The van der Waals surface area contributed by atoms with Gasteiger partial charge >= 0.3 is 5.97 Å². The van der Waals surface area contributed by atoms with E-state index in [1.165, 1.54) is 24.6 Å². The number of hydrogen-bond acceptors (Lipinski definition) is 6. The van der Waals surface area contributed by atoms with E-state index in [2.05, 4.69) is 31.8 Å². The Labute approximate surface area is 208 Å². The van der Waals surface area contributed by atoms with Crippen molar-refractivity contribution >= 4 is 45.6 Å². The molecule has 0 saturated heterocycles. The second-order valence-corrected chi connectivity index (χ2v) is 8.06. The SMILES string of the molecule is O=C(NN=Cc1ccccc1OC(=O)c1ccc(Br)cc1)c1cccc(NC(=O)c2ccco2)c1. The Morgan fingerprint density at radius 3 is 2.43 bits per heavy atom. The molecule has 0 atom stereocenters. The molecule has 0 saturated carbocycles. The summed E-state index contributed by atoms with van der Waals surface area (Å²) in [5.41, 5.74) is 4.03. The van der Waals surface area contributed by atoms with Crippen molar-refractivity contribution in [2.45, 2.75) is 0 Å². The van der Waals surface area contributed by atoms with Crippen molar-refractivity contribution in [1.29, 1.82) is 0 Å². The quantitative estimate of drug-likeness (QED) is 0.146. The predicted molar refractivity (Wildman–Crippen MR) is 134 cm³/mol. The van der Waals surface area contributed by atoms with Crippen molar-refractivity contribution in [3.63, 3.8) is 0 Å². The molecule has 0 spiro atoms. The van der Waals surface area contributed by atoms with Gasteiger partial charge in [0.1, 0.15) is 5.75 Å². The van der Waals surface area contributed by atoms with Crippen LogP contribution in [0.25, 0.3) is 0 Å². The Balaban J connectivity index is 1.40. The van der Waals surface area contributed by atoms with Gasteiger partial charge in [0.15, 0.2) is 5.76 Å². The fourth-order valence-corrected chi connectivity index (χ4v) is 3.25. The molecule has 0 unspecified atom stereocenters. The first-order valence-electron chi connectivity index (χ1n) is 10.3. The van der Waals surface area contributed by atoms with Gasteiger partial charge in [-0.15, -0.1) is 0 Å². The van der Waals surface area contributed by atoms with Gasteiger partial charge in [0.25, 0.3) is 11.8 Å². The number of furan rings is 1. The van der Waals surface area contributed by atoms with Crippen LogP contribution in [0.5, 0.6) is 5.75 Å². The molecule has 2 N–H and O–H groups in total. The summed E-state index contributed by atoms with van der Waals surface area (Å²) in [6.45, 7) is 0. The minimum absolute atomic E-state index is 0.156. The molecule has 1 heterocycles. The number of hydrazone groups is 1. The Morgan fingerprint density at radius 2 is 1.66 bits per heavy atom. The predicted octanol–water partition coefficient (Wildman–Crippen LogP) is 5.28. The number of carbonyl (C=O) groups is 3. The molecule has 4 rings (SSSR count). The van der Waals surface area contributed by atoms with E-state index in [1.807, 2.05) is 0 Å². The number of rotatable bonds is 7. The fourth-order valence-electron chi connectivity index (χ4n) is 2.99. The number of esters is 1. The molecule has 0 bridgehead atoms. The van der Waals surface area contributed by atoms with E-state index in [0.29, 0.717) is 22.6 Å². The maximum atomic E-state index is 12.5. The second-order valence-electron chi connectivity index (χ2n) is 7.15. The number of nitrogens with zero attached hydrogens (tertiary/aromatic N) is 1. The average molecular weight is 532 g/mol. The summed E-state index contributed by atoms with van der Waals surface area (Å²) in [5.74, 6) is -0.986. The minimum Gasteiger partial charge on any atom is -0.459 e. The van der Waals surface area contributed by atoms with E-state index < -0.39 is 17.8 Å². The Bertz CT molecular complexity index is 1380. The van der Waals surface area contributed by atoms with E-state index in [-0.39, 0.29) is 11.3 Å². The average Bonchev–Trinajstić information content (AvgIpc) is 3.41. The summed E-state index contributed by atoms with van der Waals surface area (Å²) < 4.78 is 11.4. The molecule has 9 heteroatoms. The smallest absolute Gasteiger partial charge is 0.343 e. The van der Waals surface area contributed by atoms with Crippen LogP contribution in [-0.2, 0) is 0 Å². The monoisotopic (exact) mass is 531 g/mol. The molecule has 35 heavy (non-hydrogen) atoms. The molecular formula is C26H18BrN3O5. The van der Waals surface area contributed by atoms with Gasteiger partial charge < -0.3 is 14.5 Å². The topological polar surface area (TPSA) is 110 Å². The maximum absolute atomic E-state index is 12.5. The standard InChI is InChI=1S/C26H18BrN3O5/c27-20-12-10-17(11-13-20)26(33)35-22-8-2-1-5-19(22)16-28-30-24(31)18-6-3-7-21(15-18)29-25(32)23-9-4-14-34-23/h1-16H,(H,29,32)(H,30,31). The molecule has 0 aliphatic heterocycles. The van der Waals surface area contributed by atoms with Gasteiger partial charge in [-0.05, 0) is 66.7 Å². The molecule has 0 aliphatic rings. The van der Waals surface area contributed by atoms with Crippen molar-refractivity contribution in [2.75, 3.05) is 5.32 Å². The summed E-state index contributed by atoms with van der Waals surface area (Å²) in [6.07, 6.45) is 2.78. The summed E-state index contributed by atoms with van der Waals surface area (Å²) in [6, 6.07) is 23.1. The molecule has 0 fully saturated rings. The van der Waals surface area contributed by atoms with Gasteiger partial charge in [0, 0.05) is 21.3 Å². The molecule has 174 valence electrons. The zero-order valence-corrected chi connectivity index (χ0v) is 19.7. The van der Waals surface area contributed by atoms with Crippen molar-refractivity contribution in [1.82, 2.24) is 5.43 Å². The summed E-state index contributed by atoms with van der Waals surface area (Å²) >= 11 is 3.33. The van der Waals surface area contributed by atoms with Crippen molar-refractivity contribution in [3.05, 3.63) is 118 Å². The molecule has 3 aromatic carbocycles. The van der Waals surface area contributed by atoms with Crippen molar-refractivity contribution < 1.29 is 23.5 Å². The lowest BCUT2D eigenvalue weighted by atomic mass is 10.2. The number of benzene rings is 3. The minimum atomic E-state index is -0.518. The maximum Gasteiger partial charge on any atom is 0.343 e. The van der Waals surface area contributed by atoms with Crippen LogP contribution in [0.4, 0.5) is 5.69 Å². The van der Waals surface area contributed by atoms with E-state index in [4.69, 9.17) is 9.15 Å². The highest BCUT2D eigenvalue weighted by atomic mass is 79.9. The van der Waals surface area contributed by atoms with E-state index in [1.54, 1.807) is 72.8 Å². The molecule has 2 amide bonds. The van der Waals surface area contributed by atoms with Crippen LogP contribution in [0.1, 0.15) is 36.8 Å². The first kappa shape index (κ1) is 23.7. The molecule has 0 aliphatic carbocycles. The number of carbonyl (C=O) groups excluding carboxylic acids is 3. The third kappa shape index (κ3) is 6.30. The third-order valence-corrected chi connectivity index (χ3v) is 5.23. The molecular weight excluding hydrogens is 514 g/mol. The number of ether oxygens (including phenoxy) is 1. The lowest BCUT2D eigenvalue weighted by molar-refractivity contribution is 0.0734. The Hall–Kier alpha value is -4.50. The van der Waals surface area contributed by atoms with Crippen LogP contribution < -0.4 is 15.5 Å². The highest BCUT2D eigenvalue weighted by molar-refractivity contribution is 9.10. The Morgan fingerprint density at radius 1 is 0.857 bits per heavy atom. The van der Waals surface area contributed by atoms with E-state index >= 15 is 0 Å². The molecule has 8 nitrogen and oxygen atoms in total. The van der Waals surface area contributed by atoms with Crippen LogP contribution in [-0.4, -0.2) is 24.0 Å². The van der Waals surface area contributed by atoms with E-state index in [0.717, 1.165) is 4.47 Å². The summed E-state index contributed by atoms with van der Waals surface area (Å²) in [4.78, 5) is 37.1. The summed E-state index contributed by atoms with van der Waals surface area (Å²) in [7, 11) is 0. The first-order valence-corrected chi connectivity index (χ1v) is 11.1. The number of nitrogens with one attached hydrogen (secondary N) is 2. The number of anilines is 1. The van der Waals surface area contributed by atoms with Gasteiger partial charge in [0.2, 0.25) is 0 Å². The summed E-state index contributed by atoms with van der Waals surface area (Å²) in [5, 5.41) is 6.64. The number of para-hydroxylation sites is 1. The van der Waals surface area contributed by atoms with Gasteiger partial charge in [0.05, 0.1) is 18.0 Å². The van der Waals surface area contributed by atoms with Crippen molar-refractivity contribution in [2.24, 2.45) is 5.10 Å². The van der Waals surface area contributed by atoms with Crippen LogP contribution in [0.2, 0.25) is 0 Å². The van der Waals surface area contributed by atoms with Gasteiger partial charge in [-0.25, -0.2) is 10.2 Å². The van der Waals surface area contributed by atoms with Crippen LogP contribution >= 0.6 is 15.9 Å². The van der Waals surface area contributed by atoms with E-state index in [9.17, 15) is 14.4 Å². The highest BCUT2D eigenvalue weighted by Gasteiger charge is 2.12. The lowest BCUT2D eigenvalue weighted by Gasteiger charge is -2.08. The zero-order chi connectivity index (χ0) is 24.6. The molecule has 4 aromatic rings. The number of halogens is 1. The number of hydrogen-bond donors (Lipinski definition) is 2. The van der Waals surface area contributed by atoms with Gasteiger partial charge in [-0.1, -0.05) is 34.1 Å². The van der Waals surface area contributed by atoms with Crippen LogP contribution in [0.3, 0.4) is 0 Å². The fraction of sp³-hybridized carbons (Fsp3) is 0. The van der Waals surface area contributed by atoms with Gasteiger partial charge in [-0.3, -0.25) is 9.59 Å². The van der Waals surface area contributed by atoms with Crippen LogP contribution in [0.15, 0.2) is 105 Å². The Kier molecular flexibility index (Phi) is 7.49. The first-order chi connectivity index (χ1) is 17.0. The zero-order valence-electron chi connectivity index (χ0n) is 18.1. The van der Waals surface area contributed by atoms with Crippen molar-refractivity contribution in [3.8, 4) is 5.75 Å². The normalized spacial score (nSPS) is 10.7. The van der Waals surface area contributed by atoms with Crippen LogP contribution in [0, 0.1) is 0 Å². The largest absolute Gasteiger partial charge is 0.459 e. The molecule has 1 aromatic heterocycles. The highest BCUT2D eigenvalue weighted by Crippen LogP contribution is 2.19. The second kappa shape index (κ2) is 11.1.